The van der Waals surface area contributed by atoms with Gasteiger partial charge in [-0.15, -0.1) is 0 Å². The van der Waals surface area contributed by atoms with Crippen LogP contribution in [0, 0.1) is 0 Å². The van der Waals surface area contributed by atoms with E-state index in [1.54, 1.807) is 31.1 Å². The third-order valence-electron chi connectivity index (χ3n) is 3.61. The van der Waals surface area contributed by atoms with Crippen molar-refractivity contribution in [3.8, 4) is 0 Å². The van der Waals surface area contributed by atoms with Crippen LogP contribution in [0.4, 0.5) is 11.4 Å². The Morgan fingerprint density at radius 3 is 2.85 bits per heavy atom. The van der Waals surface area contributed by atoms with E-state index in [1.807, 2.05) is 6.07 Å². The summed E-state index contributed by atoms with van der Waals surface area (Å²) in [5, 5.41) is 3.37. The second kappa shape index (κ2) is 6.13. The Kier molecular flexibility index (Phi) is 4.49. The number of nitrogens with zero attached hydrogens (tertiary/aromatic N) is 1. The molecule has 3 N–H and O–H groups in total. The number of rotatable bonds is 4. The predicted molar refractivity (Wildman–Crippen MR) is 80.9 cm³/mol. The van der Waals surface area contributed by atoms with E-state index in [9.17, 15) is 4.79 Å². The average molecular weight is 277 g/mol. The lowest BCUT2D eigenvalue weighted by Crippen LogP contribution is -2.30. The Morgan fingerprint density at radius 2 is 2.25 bits per heavy atom. The Balaban J connectivity index is 2.13. The fourth-order valence-corrected chi connectivity index (χ4v) is 2.41. The first-order chi connectivity index (χ1) is 9.49. The van der Waals surface area contributed by atoms with Gasteiger partial charge in [0.05, 0.1) is 17.5 Å². The van der Waals surface area contributed by atoms with Crippen LogP contribution < -0.4 is 11.1 Å². The molecule has 1 amide bonds. The summed E-state index contributed by atoms with van der Waals surface area (Å²) in [7, 11) is 3.47. The highest BCUT2D eigenvalue weighted by molar-refractivity contribution is 5.95. The van der Waals surface area contributed by atoms with Crippen LogP contribution in [0.5, 0.6) is 0 Å². The molecule has 1 aromatic rings. The summed E-state index contributed by atoms with van der Waals surface area (Å²) in [6.07, 6.45) is 2.37. The lowest BCUT2D eigenvalue weighted by atomic mass is 10.1. The van der Waals surface area contributed by atoms with Crippen molar-refractivity contribution in [1.29, 1.82) is 0 Å². The first kappa shape index (κ1) is 14.7. The Morgan fingerprint density at radius 1 is 1.50 bits per heavy atom. The van der Waals surface area contributed by atoms with Crippen LogP contribution in [-0.2, 0) is 4.74 Å². The topological polar surface area (TPSA) is 67.6 Å². The average Bonchev–Trinajstić information content (AvgIpc) is 2.94. The van der Waals surface area contributed by atoms with Crippen molar-refractivity contribution in [2.24, 2.45) is 0 Å². The summed E-state index contributed by atoms with van der Waals surface area (Å²) in [5.74, 6) is -0.0298. The highest BCUT2D eigenvalue weighted by Gasteiger charge is 2.23. The van der Waals surface area contributed by atoms with E-state index >= 15 is 0 Å². The maximum Gasteiger partial charge on any atom is 0.253 e. The van der Waals surface area contributed by atoms with Gasteiger partial charge in [-0.1, -0.05) is 0 Å². The number of amides is 1. The summed E-state index contributed by atoms with van der Waals surface area (Å²) in [6, 6.07) is 5.49. The number of nitrogen functional groups attached to an aromatic ring is 1. The smallest absolute Gasteiger partial charge is 0.253 e. The van der Waals surface area contributed by atoms with Crippen LogP contribution in [0.15, 0.2) is 18.2 Å². The first-order valence-corrected chi connectivity index (χ1v) is 6.98. The van der Waals surface area contributed by atoms with Crippen LogP contribution in [0.2, 0.25) is 0 Å². The minimum Gasteiger partial charge on any atom is -0.397 e. The summed E-state index contributed by atoms with van der Waals surface area (Å²) in [6.45, 7) is 2.90. The van der Waals surface area contributed by atoms with E-state index in [1.165, 1.54) is 0 Å². The molecule has 20 heavy (non-hydrogen) atoms. The molecule has 1 aromatic carbocycles. The lowest BCUT2D eigenvalue weighted by Gasteiger charge is -2.22. The van der Waals surface area contributed by atoms with Crippen LogP contribution in [-0.4, -0.2) is 43.7 Å². The summed E-state index contributed by atoms with van der Waals surface area (Å²) < 4.78 is 5.66. The molecule has 5 heteroatoms. The van der Waals surface area contributed by atoms with Crippen molar-refractivity contribution >= 4 is 17.3 Å². The Bertz CT molecular complexity index is 482. The SMILES string of the molecule is CC(Nc1cc(C(=O)N(C)C)ccc1N)C1CCCO1. The second-order valence-corrected chi connectivity index (χ2v) is 5.49. The number of hydrogen-bond donors (Lipinski definition) is 2. The Labute approximate surface area is 120 Å². The molecule has 2 rings (SSSR count). The van der Waals surface area contributed by atoms with Crippen molar-refractivity contribution in [3.63, 3.8) is 0 Å². The number of anilines is 2. The molecule has 1 saturated heterocycles. The highest BCUT2D eigenvalue weighted by Crippen LogP contribution is 2.24. The normalized spacial score (nSPS) is 19.6. The van der Waals surface area contributed by atoms with Gasteiger partial charge in [-0.25, -0.2) is 0 Å². The van der Waals surface area contributed by atoms with Crippen molar-refractivity contribution in [3.05, 3.63) is 23.8 Å². The van der Waals surface area contributed by atoms with Gasteiger partial charge in [0.15, 0.2) is 0 Å². The molecule has 0 bridgehead atoms. The largest absolute Gasteiger partial charge is 0.397 e. The monoisotopic (exact) mass is 277 g/mol. The molecule has 0 aliphatic carbocycles. The Hall–Kier alpha value is -1.75. The van der Waals surface area contributed by atoms with Gasteiger partial charge in [0.1, 0.15) is 0 Å². The fourth-order valence-electron chi connectivity index (χ4n) is 2.41. The number of ether oxygens (including phenoxy) is 1. The second-order valence-electron chi connectivity index (χ2n) is 5.49. The van der Waals surface area contributed by atoms with Crippen molar-refractivity contribution in [1.82, 2.24) is 4.90 Å². The number of carbonyl (C=O) groups is 1. The third kappa shape index (κ3) is 3.22. The molecule has 5 nitrogen and oxygen atoms in total. The van der Waals surface area contributed by atoms with Gasteiger partial charge in [0.25, 0.3) is 5.91 Å². The molecule has 0 radical (unpaired) electrons. The molecular formula is C15H23N3O2. The molecule has 0 spiro atoms. The molecule has 2 unspecified atom stereocenters. The van der Waals surface area contributed by atoms with Crippen LogP contribution >= 0.6 is 0 Å². The molecule has 1 heterocycles. The van der Waals surface area contributed by atoms with Crippen LogP contribution in [0.3, 0.4) is 0 Å². The highest BCUT2D eigenvalue weighted by atomic mass is 16.5. The molecule has 2 atom stereocenters. The number of nitrogens with one attached hydrogen (secondary N) is 1. The molecule has 1 aliphatic heterocycles. The van der Waals surface area contributed by atoms with Crippen LogP contribution in [0.25, 0.3) is 0 Å². The molecule has 110 valence electrons. The third-order valence-corrected chi connectivity index (χ3v) is 3.61. The van der Waals surface area contributed by atoms with E-state index in [0.29, 0.717) is 11.3 Å². The van der Waals surface area contributed by atoms with E-state index in [4.69, 9.17) is 10.5 Å². The molecule has 1 aliphatic rings. The van der Waals surface area contributed by atoms with E-state index in [2.05, 4.69) is 12.2 Å². The van der Waals surface area contributed by atoms with Gasteiger partial charge in [-0.3, -0.25) is 4.79 Å². The number of benzene rings is 1. The molecule has 0 aromatic heterocycles. The van der Waals surface area contributed by atoms with E-state index in [-0.39, 0.29) is 18.1 Å². The van der Waals surface area contributed by atoms with Gasteiger partial charge >= 0.3 is 0 Å². The van der Waals surface area contributed by atoms with E-state index in [0.717, 1.165) is 25.1 Å². The predicted octanol–water partition coefficient (Wildman–Crippen LogP) is 1.95. The van der Waals surface area contributed by atoms with Gasteiger partial charge in [0, 0.05) is 32.3 Å². The summed E-state index contributed by atoms with van der Waals surface area (Å²) in [5.41, 5.74) is 8.05. The van der Waals surface area contributed by atoms with Crippen LogP contribution in [0.1, 0.15) is 30.1 Å². The summed E-state index contributed by atoms with van der Waals surface area (Å²) >= 11 is 0. The molecular weight excluding hydrogens is 254 g/mol. The van der Waals surface area contributed by atoms with Gasteiger partial charge in [-0.2, -0.15) is 0 Å². The maximum atomic E-state index is 12.0. The zero-order valence-corrected chi connectivity index (χ0v) is 12.3. The molecule has 1 fully saturated rings. The number of hydrogen-bond acceptors (Lipinski definition) is 4. The number of carbonyl (C=O) groups excluding carboxylic acids is 1. The van der Waals surface area contributed by atoms with Crippen molar-refractivity contribution in [2.45, 2.75) is 31.9 Å². The fraction of sp³-hybridized carbons (Fsp3) is 0.533. The van der Waals surface area contributed by atoms with Gasteiger partial charge in [-0.05, 0) is 38.0 Å². The zero-order valence-electron chi connectivity index (χ0n) is 12.3. The van der Waals surface area contributed by atoms with Crippen molar-refractivity contribution in [2.75, 3.05) is 31.8 Å². The van der Waals surface area contributed by atoms with Crippen molar-refractivity contribution < 1.29 is 9.53 Å². The van der Waals surface area contributed by atoms with Gasteiger partial charge < -0.3 is 20.7 Å². The van der Waals surface area contributed by atoms with Gasteiger partial charge in [0.2, 0.25) is 0 Å². The van der Waals surface area contributed by atoms with E-state index < -0.39 is 0 Å². The number of nitrogens with two attached hydrogens (primary N) is 1. The standard InChI is InChI=1S/C15H23N3O2/c1-10(14-5-4-8-20-14)17-13-9-11(6-7-12(13)16)15(19)18(2)3/h6-7,9-10,14,17H,4-5,8,16H2,1-3H3. The zero-order chi connectivity index (χ0) is 14.7. The maximum absolute atomic E-state index is 12.0. The first-order valence-electron chi connectivity index (χ1n) is 6.98. The minimum atomic E-state index is -0.0298. The quantitative estimate of drug-likeness (QED) is 0.825. The summed E-state index contributed by atoms with van der Waals surface area (Å²) in [4.78, 5) is 13.5. The minimum absolute atomic E-state index is 0.0298. The lowest BCUT2D eigenvalue weighted by molar-refractivity contribution is 0.0827. The molecule has 0 saturated carbocycles.